The Labute approximate surface area is 484 Å². The van der Waals surface area contributed by atoms with Gasteiger partial charge in [-0.2, -0.15) is 23.1 Å². The molecule has 0 bridgehead atoms. The van der Waals surface area contributed by atoms with Crippen LogP contribution >= 0.6 is 11.6 Å². The summed E-state index contributed by atoms with van der Waals surface area (Å²) < 4.78 is 106. The Balaban J connectivity index is 1.05. The van der Waals surface area contributed by atoms with Crippen molar-refractivity contribution in [2.24, 2.45) is 0 Å². The van der Waals surface area contributed by atoms with E-state index in [0.717, 1.165) is 52.3 Å². The van der Waals surface area contributed by atoms with Gasteiger partial charge in [0.05, 0.1) is 81.5 Å². The molecule has 0 spiro atoms. The first-order chi connectivity index (χ1) is 40.2. The zero-order valence-electron chi connectivity index (χ0n) is 46.9. The maximum absolute atomic E-state index is 18.5. The van der Waals surface area contributed by atoms with E-state index in [1.165, 1.54) is 13.0 Å². The zero-order valence-corrected chi connectivity index (χ0v) is 47.6. The number of pyridine rings is 2. The summed E-state index contributed by atoms with van der Waals surface area (Å²) in [6.07, 6.45) is -2.47. The number of halogens is 5. The van der Waals surface area contributed by atoms with Gasteiger partial charge in [0, 0.05) is 56.6 Å². The van der Waals surface area contributed by atoms with Crippen LogP contribution in [0.1, 0.15) is 58.3 Å². The summed E-state index contributed by atoms with van der Waals surface area (Å²) in [7, 11) is 6.38. The van der Waals surface area contributed by atoms with Crippen molar-refractivity contribution in [3.8, 4) is 46.0 Å². The Hall–Kier alpha value is -8.13. The van der Waals surface area contributed by atoms with Gasteiger partial charge in [-0.15, -0.1) is 0 Å². The first kappa shape index (κ1) is 56.7. The SMILES string of the molecule is COc1ccc(CN(Cc2ccc(OC)cc2)c2cc(C)c(C(F)(F)F)c(-c3c(Cl)c4c5c(nc(OC[C@@H]6C[C@H]7COCCN76)nc5c3F)N([C@H](C)c3cccnc3N(Cc3ccc(OC)cc3)Cc3ccc(OC)cc3)CCO4)n2)cc1. The quantitative estimate of drug-likeness (QED) is 0.0671. The van der Waals surface area contributed by atoms with Crippen LogP contribution in [0.15, 0.2) is 121 Å². The molecular formula is C63H63ClF4N8O7. The molecule has 3 aliphatic heterocycles. The highest BCUT2D eigenvalue weighted by atomic mass is 35.5. The highest BCUT2D eigenvalue weighted by Crippen LogP contribution is 2.52. The number of hydrogen-bond donors (Lipinski definition) is 0. The molecule has 2 saturated heterocycles. The summed E-state index contributed by atoms with van der Waals surface area (Å²) in [5.74, 6) is 2.46. The molecule has 83 heavy (non-hydrogen) atoms. The average Bonchev–Trinajstić information content (AvgIpc) is 2.97. The minimum Gasteiger partial charge on any atom is -0.497 e. The van der Waals surface area contributed by atoms with E-state index >= 15 is 17.6 Å². The van der Waals surface area contributed by atoms with E-state index in [-0.39, 0.29) is 84.8 Å². The Morgan fingerprint density at radius 3 is 1.81 bits per heavy atom. The molecule has 0 radical (unpaired) electrons. The van der Waals surface area contributed by atoms with Crippen molar-refractivity contribution in [1.29, 1.82) is 0 Å². The van der Waals surface area contributed by atoms with Crippen molar-refractivity contribution in [2.75, 3.05) is 82.7 Å². The Morgan fingerprint density at radius 1 is 0.723 bits per heavy atom. The number of ether oxygens (including phenoxy) is 7. The third kappa shape index (κ3) is 11.9. The second kappa shape index (κ2) is 24.4. The third-order valence-corrected chi connectivity index (χ3v) is 16.1. The van der Waals surface area contributed by atoms with Gasteiger partial charge in [0.2, 0.25) is 0 Å². The molecule has 0 saturated carbocycles. The number of morpholine rings is 1. The number of alkyl halides is 3. The molecule has 3 atom stereocenters. The highest BCUT2D eigenvalue weighted by molar-refractivity contribution is 6.36. The minimum atomic E-state index is -5.02. The van der Waals surface area contributed by atoms with Gasteiger partial charge in [-0.1, -0.05) is 66.2 Å². The van der Waals surface area contributed by atoms with Crippen LogP contribution in [0.25, 0.3) is 22.2 Å². The summed E-state index contributed by atoms with van der Waals surface area (Å²) in [6, 6.07) is 35.1. The van der Waals surface area contributed by atoms with E-state index in [0.29, 0.717) is 43.6 Å². The van der Waals surface area contributed by atoms with Crippen molar-refractivity contribution >= 4 is 40.0 Å². The van der Waals surface area contributed by atoms with E-state index in [2.05, 4.69) is 9.80 Å². The fraction of sp³-hybridized carbons (Fsp3) is 0.333. The number of anilines is 3. The van der Waals surface area contributed by atoms with Crippen molar-refractivity contribution in [1.82, 2.24) is 24.8 Å². The molecular weight excluding hydrogens is 1090 g/mol. The summed E-state index contributed by atoms with van der Waals surface area (Å²) in [4.78, 5) is 27.9. The fourth-order valence-electron chi connectivity index (χ4n) is 11.3. The molecule has 432 valence electrons. The topological polar surface area (TPSA) is 129 Å². The molecule has 0 aliphatic carbocycles. The molecule has 15 nitrogen and oxygen atoms in total. The van der Waals surface area contributed by atoms with Crippen LogP contribution in [0.3, 0.4) is 0 Å². The lowest BCUT2D eigenvalue weighted by atomic mass is 9.93. The normalized spacial score (nSPS) is 16.3. The molecule has 0 amide bonds. The number of aryl methyl sites for hydroxylation is 1. The number of benzene rings is 5. The zero-order chi connectivity index (χ0) is 57.9. The number of hydrogen-bond acceptors (Lipinski definition) is 15. The van der Waals surface area contributed by atoms with Gasteiger partial charge in [0.15, 0.2) is 11.6 Å². The van der Waals surface area contributed by atoms with Crippen molar-refractivity contribution in [3.63, 3.8) is 0 Å². The number of aromatic nitrogens is 4. The Kier molecular flexibility index (Phi) is 16.7. The van der Waals surface area contributed by atoms with Crippen LogP contribution < -0.4 is 43.1 Å². The van der Waals surface area contributed by atoms with Crippen molar-refractivity contribution in [3.05, 3.63) is 171 Å². The molecule has 2 fully saturated rings. The lowest BCUT2D eigenvalue weighted by Crippen LogP contribution is -2.63. The van der Waals surface area contributed by atoms with E-state index in [4.69, 9.17) is 64.7 Å². The molecule has 3 aliphatic rings. The first-order valence-electron chi connectivity index (χ1n) is 27.4. The maximum Gasteiger partial charge on any atom is 0.418 e. The second-order valence-electron chi connectivity index (χ2n) is 20.8. The molecule has 0 N–H and O–H groups in total. The lowest BCUT2D eigenvalue weighted by Gasteiger charge is -2.50. The number of fused-ring (bicyclic) bond motifs is 1. The second-order valence-corrected chi connectivity index (χ2v) is 21.2. The summed E-state index contributed by atoms with van der Waals surface area (Å²) >= 11 is 7.40. The van der Waals surface area contributed by atoms with Gasteiger partial charge < -0.3 is 47.9 Å². The predicted octanol–water partition coefficient (Wildman–Crippen LogP) is 12.5. The first-order valence-corrected chi connectivity index (χ1v) is 27.7. The van der Waals surface area contributed by atoms with Crippen molar-refractivity contribution in [2.45, 2.75) is 70.7 Å². The molecule has 5 aromatic carbocycles. The molecule has 3 aromatic heterocycles. The maximum atomic E-state index is 18.5. The Bertz CT molecular complexity index is 3490. The van der Waals surface area contributed by atoms with Crippen LogP contribution in [-0.4, -0.2) is 105 Å². The van der Waals surface area contributed by atoms with Crippen LogP contribution in [0.5, 0.6) is 34.8 Å². The van der Waals surface area contributed by atoms with Crippen molar-refractivity contribution < 1.29 is 50.7 Å². The van der Waals surface area contributed by atoms with Gasteiger partial charge in [0.1, 0.15) is 59.2 Å². The summed E-state index contributed by atoms with van der Waals surface area (Å²) in [5.41, 5.74) is 1.34. The fourth-order valence-corrected chi connectivity index (χ4v) is 11.7. The van der Waals surface area contributed by atoms with E-state index in [1.807, 2.05) is 102 Å². The van der Waals surface area contributed by atoms with Crippen LogP contribution in [0.4, 0.5) is 35.0 Å². The summed E-state index contributed by atoms with van der Waals surface area (Å²) in [5, 5.41) is -0.361. The molecule has 8 aromatic rings. The van der Waals surface area contributed by atoms with Crippen LogP contribution in [0.2, 0.25) is 5.02 Å². The average molecular weight is 1160 g/mol. The molecule has 20 heteroatoms. The van der Waals surface area contributed by atoms with Crippen LogP contribution in [0, 0.1) is 12.7 Å². The standard InChI is InChI=1S/C63H63ClF4N8O7/c1-38-30-51(73(32-40-9-17-46(77-3)18-10-40)33-41-11-19-47(78-4)20-12-41)70-57(54(38)63(66,67)68)52-55(64)59-53-58(56(52)65)71-62(83-37-45-31-44-36-81-28-26-76(44)45)72-61(53)75(27-29-82-59)39(2)50-8-7-25-69-60(50)74(34-42-13-21-48(79-5)22-14-42)35-43-15-23-49(80-6)24-16-43/h7-25,30,39,44-45H,26-29,31-37H2,1-6H3/t39-,44+,45+/m1/s1. The third-order valence-electron chi connectivity index (χ3n) is 15.7. The van der Waals surface area contributed by atoms with Gasteiger partial charge in [-0.3, -0.25) is 4.90 Å². The van der Waals surface area contributed by atoms with Gasteiger partial charge in [-0.25, -0.2) is 14.4 Å². The number of rotatable bonds is 20. The van der Waals surface area contributed by atoms with E-state index in [9.17, 15) is 0 Å². The Morgan fingerprint density at radius 2 is 1.28 bits per heavy atom. The monoisotopic (exact) mass is 1150 g/mol. The van der Waals surface area contributed by atoms with Gasteiger partial charge >= 0.3 is 12.2 Å². The molecule has 11 rings (SSSR count). The largest absolute Gasteiger partial charge is 0.497 e. The van der Waals surface area contributed by atoms with Crippen LogP contribution in [-0.2, 0) is 37.1 Å². The number of nitrogens with zero attached hydrogens (tertiary/aromatic N) is 8. The number of methoxy groups -OCH3 is 4. The van der Waals surface area contributed by atoms with Gasteiger partial charge in [0.25, 0.3) is 0 Å². The minimum absolute atomic E-state index is 0.00486. The van der Waals surface area contributed by atoms with Gasteiger partial charge in [-0.05, 0) is 109 Å². The molecule has 0 unspecified atom stereocenters. The molecule has 6 heterocycles. The predicted molar refractivity (Wildman–Crippen MR) is 310 cm³/mol. The summed E-state index contributed by atoms with van der Waals surface area (Å²) in [6.45, 7) is 6.86. The van der Waals surface area contributed by atoms with E-state index in [1.54, 1.807) is 58.9 Å². The lowest BCUT2D eigenvalue weighted by molar-refractivity contribution is -0.137. The van der Waals surface area contributed by atoms with E-state index < -0.39 is 39.9 Å². The highest BCUT2D eigenvalue weighted by Gasteiger charge is 2.43. The smallest absolute Gasteiger partial charge is 0.418 e.